The lowest BCUT2D eigenvalue weighted by atomic mass is 10.1. The highest BCUT2D eigenvalue weighted by Gasteiger charge is 2.10. The van der Waals surface area contributed by atoms with E-state index < -0.39 is 11.6 Å². The molecule has 0 bridgehead atoms. The van der Waals surface area contributed by atoms with Gasteiger partial charge in [-0.25, -0.2) is 8.78 Å². The van der Waals surface area contributed by atoms with Crippen molar-refractivity contribution in [3.8, 4) is 0 Å². The van der Waals surface area contributed by atoms with Crippen molar-refractivity contribution in [2.24, 2.45) is 0 Å². The number of rotatable bonds is 4. The Morgan fingerprint density at radius 1 is 0.958 bits per heavy atom. The van der Waals surface area contributed by atoms with Crippen LogP contribution in [0, 0.1) is 11.6 Å². The fraction of sp³-hybridized carbons (Fsp3) is 0.200. The average molecular weight is 348 g/mol. The maximum absolute atomic E-state index is 13.2. The first-order valence-corrected chi connectivity index (χ1v) is 7.79. The van der Waals surface area contributed by atoms with Gasteiger partial charge in [0.25, 0.3) is 0 Å². The van der Waals surface area contributed by atoms with Crippen LogP contribution in [0.3, 0.4) is 0 Å². The maximum atomic E-state index is 13.2. The number of nitrogens with zero attached hydrogens (tertiary/aromatic N) is 1. The van der Waals surface area contributed by atoms with Gasteiger partial charge in [-0.1, -0.05) is 54.6 Å². The highest BCUT2D eigenvalue weighted by molar-refractivity contribution is 5.85. The minimum atomic E-state index is -0.810. The van der Waals surface area contributed by atoms with Crippen LogP contribution < -0.4 is 0 Å². The lowest BCUT2D eigenvalue weighted by Crippen LogP contribution is -2.27. The van der Waals surface area contributed by atoms with Crippen molar-refractivity contribution < 1.29 is 8.78 Å². The van der Waals surface area contributed by atoms with Crippen LogP contribution in [0.15, 0.2) is 66.3 Å². The van der Waals surface area contributed by atoms with E-state index in [4.69, 9.17) is 0 Å². The molecule has 0 fully saturated rings. The Morgan fingerprint density at radius 3 is 2.42 bits per heavy atom. The minimum absolute atomic E-state index is 0. The van der Waals surface area contributed by atoms with E-state index in [-0.39, 0.29) is 12.4 Å². The molecule has 1 aliphatic heterocycles. The Bertz CT molecular complexity index is 726. The normalized spacial score (nSPS) is 15.2. The number of halogens is 3. The quantitative estimate of drug-likeness (QED) is 0.731. The van der Waals surface area contributed by atoms with Crippen molar-refractivity contribution in [3.05, 3.63) is 89.0 Å². The second kappa shape index (κ2) is 8.76. The van der Waals surface area contributed by atoms with E-state index in [2.05, 4.69) is 35.2 Å². The van der Waals surface area contributed by atoms with Gasteiger partial charge in [0.15, 0.2) is 11.6 Å². The Hall–Kier alpha value is -1.97. The van der Waals surface area contributed by atoms with Gasteiger partial charge < -0.3 is 0 Å². The number of benzene rings is 2. The van der Waals surface area contributed by atoms with E-state index in [1.54, 1.807) is 6.07 Å². The number of allylic oxidation sites excluding steroid dienone is 1. The Kier molecular flexibility index (Phi) is 6.71. The monoisotopic (exact) mass is 347 g/mol. The van der Waals surface area contributed by atoms with Crippen LogP contribution in [0.25, 0.3) is 6.08 Å². The summed E-state index contributed by atoms with van der Waals surface area (Å²) in [5.41, 5.74) is 3.23. The van der Waals surface area contributed by atoms with Crippen molar-refractivity contribution >= 4 is 18.5 Å². The van der Waals surface area contributed by atoms with Gasteiger partial charge in [-0.15, -0.1) is 12.4 Å². The van der Waals surface area contributed by atoms with E-state index in [0.717, 1.165) is 32.1 Å². The molecule has 0 atom stereocenters. The summed E-state index contributed by atoms with van der Waals surface area (Å²) < 4.78 is 26.1. The minimum Gasteiger partial charge on any atom is -0.295 e. The first-order valence-electron chi connectivity index (χ1n) is 7.79. The van der Waals surface area contributed by atoms with Gasteiger partial charge in [-0.3, -0.25) is 4.90 Å². The van der Waals surface area contributed by atoms with Gasteiger partial charge in [-0.2, -0.15) is 0 Å². The molecular formula is C20H20ClF2N. The smallest absolute Gasteiger partial charge is 0.159 e. The molecule has 0 saturated heterocycles. The predicted molar refractivity (Wildman–Crippen MR) is 97.1 cm³/mol. The van der Waals surface area contributed by atoms with E-state index in [0.29, 0.717) is 5.56 Å². The maximum Gasteiger partial charge on any atom is 0.159 e. The van der Waals surface area contributed by atoms with Gasteiger partial charge in [0, 0.05) is 19.6 Å². The van der Waals surface area contributed by atoms with Crippen LogP contribution in [0.2, 0.25) is 0 Å². The second-order valence-electron chi connectivity index (χ2n) is 5.76. The van der Waals surface area contributed by atoms with Crippen molar-refractivity contribution in [3.63, 3.8) is 0 Å². The zero-order chi connectivity index (χ0) is 16.1. The molecule has 4 heteroatoms. The van der Waals surface area contributed by atoms with E-state index in [1.807, 2.05) is 18.2 Å². The third kappa shape index (κ3) is 5.02. The zero-order valence-corrected chi connectivity index (χ0v) is 14.1. The molecule has 24 heavy (non-hydrogen) atoms. The van der Waals surface area contributed by atoms with E-state index in [9.17, 15) is 8.78 Å². The molecule has 0 N–H and O–H groups in total. The van der Waals surface area contributed by atoms with Gasteiger partial charge in [0.05, 0.1) is 0 Å². The first-order chi connectivity index (χ1) is 11.2. The summed E-state index contributed by atoms with van der Waals surface area (Å²) in [4.78, 5) is 2.39. The second-order valence-corrected chi connectivity index (χ2v) is 5.76. The Morgan fingerprint density at radius 2 is 1.75 bits per heavy atom. The number of hydrogen-bond acceptors (Lipinski definition) is 1. The summed E-state index contributed by atoms with van der Waals surface area (Å²) in [7, 11) is 0. The molecule has 0 radical (unpaired) electrons. The number of hydrogen-bond donors (Lipinski definition) is 0. The molecule has 1 nitrogen and oxygen atoms in total. The summed E-state index contributed by atoms with van der Waals surface area (Å²) in [6.45, 7) is 2.87. The van der Waals surface area contributed by atoms with Crippen molar-refractivity contribution in [2.45, 2.75) is 13.0 Å². The van der Waals surface area contributed by atoms with E-state index in [1.165, 1.54) is 17.2 Å². The molecule has 126 valence electrons. The fourth-order valence-corrected chi connectivity index (χ4v) is 2.68. The lowest BCUT2D eigenvalue weighted by molar-refractivity contribution is 0.287. The molecule has 1 aliphatic rings. The standard InChI is InChI=1S/C20H19F2N.ClH/c21-19-9-8-17(14-20(19)22)7-6-16-10-12-23(13-11-16)15-18-4-2-1-3-5-18;/h1-10,14H,11-13,15H2;1H/b7-6+;. The zero-order valence-electron chi connectivity index (χ0n) is 13.3. The highest BCUT2D eigenvalue weighted by Crippen LogP contribution is 2.17. The lowest BCUT2D eigenvalue weighted by Gasteiger charge is -2.25. The summed E-state index contributed by atoms with van der Waals surface area (Å²) >= 11 is 0. The van der Waals surface area contributed by atoms with Crippen LogP contribution in [-0.2, 0) is 6.54 Å². The molecule has 0 aliphatic carbocycles. The molecule has 2 aromatic rings. The summed E-state index contributed by atoms with van der Waals surface area (Å²) in [6.07, 6.45) is 6.99. The van der Waals surface area contributed by atoms with Crippen LogP contribution in [0.5, 0.6) is 0 Å². The average Bonchev–Trinajstić information content (AvgIpc) is 2.58. The molecule has 0 unspecified atom stereocenters. The molecule has 0 aromatic heterocycles. The topological polar surface area (TPSA) is 3.24 Å². The van der Waals surface area contributed by atoms with E-state index >= 15 is 0 Å². The third-order valence-corrected chi connectivity index (χ3v) is 4.01. The third-order valence-electron chi connectivity index (χ3n) is 4.01. The van der Waals surface area contributed by atoms with Crippen LogP contribution in [0.4, 0.5) is 8.78 Å². The molecule has 1 heterocycles. The van der Waals surface area contributed by atoms with Gasteiger partial charge in [0.2, 0.25) is 0 Å². The first kappa shape index (κ1) is 18.4. The molecule has 3 rings (SSSR count). The largest absolute Gasteiger partial charge is 0.295 e. The SMILES string of the molecule is Cl.Fc1ccc(/C=C/C2=CCN(Cc3ccccc3)CC2)cc1F. The van der Waals surface area contributed by atoms with Gasteiger partial charge >= 0.3 is 0 Å². The highest BCUT2D eigenvalue weighted by atomic mass is 35.5. The summed E-state index contributed by atoms with van der Waals surface area (Å²) in [5.74, 6) is -1.62. The molecule has 0 amide bonds. The van der Waals surface area contributed by atoms with Crippen LogP contribution in [-0.4, -0.2) is 18.0 Å². The van der Waals surface area contributed by atoms with Crippen molar-refractivity contribution in [2.75, 3.05) is 13.1 Å². The predicted octanol–water partition coefficient (Wildman–Crippen LogP) is 5.23. The molecular weight excluding hydrogens is 328 g/mol. The van der Waals surface area contributed by atoms with Crippen molar-refractivity contribution in [1.82, 2.24) is 4.90 Å². The Labute approximate surface area is 147 Å². The summed E-state index contributed by atoms with van der Waals surface area (Å²) in [6, 6.07) is 14.4. The van der Waals surface area contributed by atoms with Crippen LogP contribution >= 0.6 is 12.4 Å². The molecule has 0 saturated carbocycles. The fourth-order valence-electron chi connectivity index (χ4n) is 2.68. The van der Waals surface area contributed by atoms with Gasteiger partial charge in [0.1, 0.15) is 0 Å². The molecule has 0 spiro atoms. The van der Waals surface area contributed by atoms with Crippen molar-refractivity contribution in [1.29, 1.82) is 0 Å². The Balaban J connectivity index is 0.00000208. The molecule has 2 aromatic carbocycles. The van der Waals surface area contributed by atoms with Gasteiger partial charge in [-0.05, 0) is 35.3 Å². The summed E-state index contributed by atoms with van der Waals surface area (Å²) in [5, 5.41) is 0. The van der Waals surface area contributed by atoms with Crippen LogP contribution in [0.1, 0.15) is 17.5 Å².